The first-order valence-corrected chi connectivity index (χ1v) is 8.29. The van der Waals surface area contributed by atoms with Gasteiger partial charge in [-0.1, -0.05) is 18.2 Å². The molecule has 0 radical (unpaired) electrons. The summed E-state index contributed by atoms with van der Waals surface area (Å²) in [6.07, 6.45) is 0.447. The van der Waals surface area contributed by atoms with Crippen LogP contribution in [0.25, 0.3) is 0 Å². The van der Waals surface area contributed by atoms with Gasteiger partial charge < -0.3 is 15.1 Å². The van der Waals surface area contributed by atoms with E-state index in [2.05, 4.69) is 22.3 Å². The first-order chi connectivity index (χ1) is 11.7. The third kappa shape index (κ3) is 4.25. The van der Waals surface area contributed by atoms with Crippen molar-refractivity contribution in [3.63, 3.8) is 0 Å². The van der Waals surface area contributed by atoms with Crippen LogP contribution in [-0.4, -0.2) is 43.5 Å². The maximum atomic E-state index is 12.8. The standard InChI is InChI=1S/C19H22FN3O/c20-16-6-8-17(9-7-16)21-11-10-19(24)23-14-12-22(13-15-23)18-4-2-1-3-5-18/h1-9,21H,10-15H2. The van der Waals surface area contributed by atoms with E-state index in [-0.39, 0.29) is 11.7 Å². The molecule has 1 amide bonds. The number of hydrogen-bond donors (Lipinski definition) is 1. The van der Waals surface area contributed by atoms with Crippen molar-refractivity contribution in [3.8, 4) is 0 Å². The SMILES string of the molecule is O=C(CCNc1ccc(F)cc1)N1CCN(c2ccccc2)CC1. The molecule has 0 atom stereocenters. The third-order valence-corrected chi connectivity index (χ3v) is 4.27. The van der Waals surface area contributed by atoms with Gasteiger partial charge in [0.2, 0.25) is 5.91 Å². The number of benzene rings is 2. The molecule has 4 nitrogen and oxygen atoms in total. The zero-order chi connectivity index (χ0) is 16.8. The molecule has 0 aromatic heterocycles. The van der Waals surface area contributed by atoms with Crippen LogP contribution in [0.2, 0.25) is 0 Å². The lowest BCUT2D eigenvalue weighted by Crippen LogP contribution is -2.49. The molecule has 1 aliphatic rings. The van der Waals surface area contributed by atoms with Crippen molar-refractivity contribution in [2.24, 2.45) is 0 Å². The fraction of sp³-hybridized carbons (Fsp3) is 0.316. The summed E-state index contributed by atoms with van der Waals surface area (Å²) in [6.45, 7) is 3.79. The number of carbonyl (C=O) groups is 1. The Morgan fingerprint density at radius 1 is 0.958 bits per heavy atom. The summed E-state index contributed by atoms with van der Waals surface area (Å²) < 4.78 is 12.8. The minimum Gasteiger partial charge on any atom is -0.385 e. The molecule has 1 aliphatic heterocycles. The average molecular weight is 327 g/mol. The van der Waals surface area contributed by atoms with Crippen molar-refractivity contribution in [1.82, 2.24) is 4.90 Å². The zero-order valence-corrected chi connectivity index (χ0v) is 13.6. The molecule has 3 rings (SSSR count). The van der Waals surface area contributed by atoms with Gasteiger partial charge in [0.1, 0.15) is 5.82 Å². The minimum absolute atomic E-state index is 0.164. The summed E-state index contributed by atoms with van der Waals surface area (Å²) in [5.41, 5.74) is 2.04. The van der Waals surface area contributed by atoms with Gasteiger partial charge in [-0.25, -0.2) is 4.39 Å². The summed E-state index contributed by atoms with van der Waals surface area (Å²) in [4.78, 5) is 16.5. The van der Waals surface area contributed by atoms with E-state index in [0.29, 0.717) is 13.0 Å². The van der Waals surface area contributed by atoms with Gasteiger partial charge in [-0.05, 0) is 36.4 Å². The van der Waals surface area contributed by atoms with E-state index in [1.54, 1.807) is 12.1 Å². The maximum absolute atomic E-state index is 12.8. The zero-order valence-electron chi connectivity index (χ0n) is 13.6. The lowest BCUT2D eigenvalue weighted by atomic mass is 10.2. The van der Waals surface area contributed by atoms with E-state index in [1.165, 1.54) is 17.8 Å². The molecule has 0 unspecified atom stereocenters. The molecule has 0 bridgehead atoms. The molecule has 1 fully saturated rings. The van der Waals surface area contributed by atoms with E-state index in [4.69, 9.17) is 0 Å². The Morgan fingerprint density at radius 2 is 1.62 bits per heavy atom. The molecular formula is C19H22FN3O. The van der Waals surface area contributed by atoms with Crippen LogP contribution in [0.4, 0.5) is 15.8 Å². The van der Waals surface area contributed by atoms with Crippen molar-refractivity contribution in [1.29, 1.82) is 0 Å². The normalized spacial score (nSPS) is 14.5. The van der Waals surface area contributed by atoms with Gasteiger partial charge in [0.05, 0.1) is 0 Å². The topological polar surface area (TPSA) is 35.6 Å². The molecule has 1 saturated heterocycles. The molecule has 0 aliphatic carbocycles. The van der Waals surface area contributed by atoms with Crippen LogP contribution < -0.4 is 10.2 Å². The third-order valence-electron chi connectivity index (χ3n) is 4.27. The second kappa shape index (κ2) is 7.81. The smallest absolute Gasteiger partial charge is 0.224 e. The molecule has 0 saturated carbocycles. The first kappa shape index (κ1) is 16.3. The van der Waals surface area contributed by atoms with Crippen LogP contribution in [0.5, 0.6) is 0 Å². The van der Waals surface area contributed by atoms with Gasteiger partial charge >= 0.3 is 0 Å². The lowest BCUT2D eigenvalue weighted by Gasteiger charge is -2.36. The molecule has 24 heavy (non-hydrogen) atoms. The summed E-state index contributed by atoms with van der Waals surface area (Å²) in [7, 11) is 0. The van der Waals surface area contributed by atoms with Gasteiger partial charge in [-0.2, -0.15) is 0 Å². The van der Waals surface area contributed by atoms with Gasteiger partial charge in [-0.15, -0.1) is 0 Å². The molecule has 0 spiro atoms. The number of para-hydroxylation sites is 1. The first-order valence-electron chi connectivity index (χ1n) is 8.29. The predicted molar refractivity (Wildman–Crippen MR) is 94.7 cm³/mol. The highest BCUT2D eigenvalue weighted by atomic mass is 19.1. The second-order valence-electron chi connectivity index (χ2n) is 5.89. The molecule has 126 valence electrons. The number of carbonyl (C=O) groups excluding carboxylic acids is 1. The van der Waals surface area contributed by atoms with Crippen LogP contribution in [0.1, 0.15) is 6.42 Å². The number of anilines is 2. The lowest BCUT2D eigenvalue weighted by molar-refractivity contribution is -0.131. The molecule has 2 aromatic rings. The molecule has 1 N–H and O–H groups in total. The molecule has 5 heteroatoms. The summed E-state index contributed by atoms with van der Waals surface area (Å²) in [5, 5.41) is 3.15. The van der Waals surface area contributed by atoms with E-state index < -0.39 is 0 Å². The Hall–Kier alpha value is -2.56. The number of nitrogens with one attached hydrogen (secondary N) is 1. The number of nitrogens with zero attached hydrogens (tertiary/aromatic N) is 2. The second-order valence-corrected chi connectivity index (χ2v) is 5.89. The van der Waals surface area contributed by atoms with E-state index in [9.17, 15) is 9.18 Å². The highest BCUT2D eigenvalue weighted by molar-refractivity contribution is 5.77. The number of amides is 1. The monoisotopic (exact) mass is 327 g/mol. The van der Waals surface area contributed by atoms with Gasteiger partial charge in [0, 0.05) is 50.5 Å². The number of halogens is 1. The van der Waals surface area contributed by atoms with Crippen LogP contribution in [0.3, 0.4) is 0 Å². The molecular weight excluding hydrogens is 305 g/mol. The molecule has 2 aromatic carbocycles. The Kier molecular flexibility index (Phi) is 5.31. The number of piperazine rings is 1. The minimum atomic E-state index is -0.257. The number of hydrogen-bond acceptors (Lipinski definition) is 3. The van der Waals surface area contributed by atoms with Crippen molar-refractivity contribution in [2.75, 3.05) is 42.9 Å². The Morgan fingerprint density at radius 3 is 2.29 bits per heavy atom. The Labute approximate surface area is 141 Å². The predicted octanol–water partition coefficient (Wildman–Crippen LogP) is 2.98. The van der Waals surface area contributed by atoms with Crippen molar-refractivity contribution in [3.05, 3.63) is 60.4 Å². The van der Waals surface area contributed by atoms with Crippen LogP contribution >= 0.6 is 0 Å². The van der Waals surface area contributed by atoms with Crippen LogP contribution in [-0.2, 0) is 4.79 Å². The van der Waals surface area contributed by atoms with E-state index >= 15 is 0 Å². The largest absolute Gasteiger partial charge is 0.385 e. The van der Waals surface area contributed by atoms with Crippen molar-refractivity contribution >= 4 is 17.3 Å². The quantitative estimate of drug-likeness (QED) is 0.917. The van der Waals surface area contributed by atoms with Gasteiger partial charge in [0.25, 0.3) is 0 Å². The Bertz CT molecular complexity index is 652. The van der Waals surface area contributed by atoms with Gasteiger partial charge in [-0.3, -0.25) is 4.79 Å². The fourth-order valence-corrected chi connectivity index (χ4v) is 2.89. The molecule has 1 heterocycles. The maximum Gasteiger partial charge on any atom is 0.224 e. The highest BCUT2D eigenvalue weighted by Crippen LogP contribution is 2.16. The highest BCUT2D eigenvalue weighted by Gasteiger charge is 2.20. The van der Waals surface area contributed by atoms with Crippen molar-refractivity contribution < 1.29 is 9.18 Å². The van der Waals surface area contributed by atoms with Crippen LogP contribution in [0.15, 0.2) is 54.6 Å². The van der Waals surface area contributed by atoms with Crippen LogP contribution in [0, 0.1) is 5.82 Å². The van der Waals surface area contributed by atoms with Crippen molar-refractivity contribution in [2.45, 2.75) is 6.42 Å². The van der Waals surface area contributed by atoms with Gasteiger partial charge in [0.15, 0.2) is 0 Å². The fourth-order valence-electron chi connectivity index (χ4n) is 2.89. The number of rotatable bonds is 5. The Balaban J connectivity index is 1.41. The van der Waals surface area contributed by atoms with E-state index in [0.717, 1.165) is 31.9 Å². The van der Waals surface area contributed by atoms with E-state index in [1.807, 2.05) is 23.1 Å². The summed E-state index contributed by atoms with van der Waals surface area (Å²) in [5.74, 6) is -0.0924. The summed E-state index contributed by atoms with van der Waals surface area (Å²) >= 11 is 0. The summed E-state index contributed by atoms with van der Waals surface area (Å²) in [6, 6.07) is 16.5. The average Bonchev–Trinajstić information content (AvgIpc) is 2.64.